The van der Waals surface area contributed by atoms with E-state index in [0.717, 1.165) is 6.54 Å². The third-order valence-electron chi connectivity index (χ3n) is 3.37. The zero-order chi connectivity index (χ0) is 7.42. The van der Waals surface area contributed by atoms with E-state index in [1.165, 1.54) is 13.0 Å². The summed E-state index contributed by atoms with van der Waals surface area (Å²) in [7, 11) is 2.05. The van der Waals surface area contributed by atoms with Crippen LogP contribution in [0.15, 0.2) is 0 Å². The van der Waals surface area contributed by atoms with Crippen LogP contribution >= 0.6 is 0 Å². The average Bonchev–Trinajstić information content (AvgIpc) is 2.55. The molecule has 0 aromatic rings. The normalized spacial score (nSPS) is 54.3. The summed E-state index contributed by atoms with van der Waals surface area (Å²) in [6.45, 7) is 2.41. The van der Waals surface area contributed by atoms with E-state index in [-0.39, 0.29) is 0 Å². The number of fused-ring (bicyclic) bond motifs is 1. The Hall–Kier alpha value is -0.120. The maximum absolute atomic E-state index is 5.85. The maximum Gasteiger partial charge on any atom is 0.0875 e. The van der Waals surface area contributed by atoms with Gasteiger partial charge in [-0.15, -0.1) is 0 Å². The molecule has 3 fully saturated rings. The second-order valence-electron chi connectivity index (χ2n) is 3.80. The Kier molecular flexibility index (Phi) is 1.15. The molecule has 0 saturated carbocycles. The second-order valence-corrected chi connectivity index (χ2v) is 3.80. The lowest BCUT2D eigenvalue weighted by Gasteiger charge is -2.21. The summed E-state index contributed by atoms with van der Waals surface area (Å²) in [6, 6.07) is 1.31. The molecule has 3 nitrogen and oxygen atoms in total. The van der Waals surface area contributed by atoms with Crippen molar-refractivity contribution >= 4 is 0 Å². The minimum Gasteiger partial charge on any atom is -0.370 e. The first kappa shape index (κ1) is 6.40. The van der Waals surface area contributed by atoms with E-state index < -0.39 is 0 Å². The van der Waals surface area contributed by atoms with Gasteiger partial charge in [-0.2, -0.15) is 0 Å². The number of hydrogen-bond donors (Lipinski definition) is 1. The monoisotopic (exact) mass is 154 g/mol. The van der Waals surface area contributed by atoms with Crippen molar-refractivity contribution in [1.82, 2.24) is 10.2 Å². The van der Waals surface area contributed by atoms with Crippen molar-refractivity contribution in [2.24, 2.45) is 0 Å². The summed E-state index contributed by atoms with van der Waals surface area (Å²) in [5.41, 5.74) is 0. The predicted octanol–water partition coefficient (Wildman–Crippen LogP) is -0.570. The molecule has 3 aliphatic heterocycles. The third kappa shape index (κ3) is 0.643. The first-order chi connectivity index (χ1) is 5.40. The quantitative estimate of drug-likeness (QED) is 0.547. The molecule has 3 saturated heterocycles. The van der Waals surface area contributed by atoms with Crippen LogP contribution in [0, 0.1) is 0 Å². The van der Waals surface area contributed by atoms with Crippen molar-refractivity contribution in [3.8, 4) is 0 Å². The highest BCUT2D eigenvalue weighted by Gasteiger charge is 2.56. The van der Waals surface area contributed by atoms with Crippen molar-refractivity contribution in [2.75, 3.05) is 20.1 Å². The molecular formula is C8H14N2O. The molecular weight excluding hydrogens is 140 g/mol. The summed E-state index contributed by atoms with van der Waals surface area (Å²) in [5.74, 6) is 0. The zero-order valence-electron chi connectivity index (χ0n) is 6.79. The van der Waals surface area contributed by atoms with Gasteiger partial charge in [0.05, 0.1) is 24.3 Å². The summed E-state index contributed by atoms with van der Waals surface area (Å²) in [4.78, 5) is 2.57. The van der Waals surface area contributed by atoms with Gasteiger partial charge in [-0.25, -0.2) is 0 Å². The van der Waals surface area contributed by atoms with Crippen LogP contribution < -0.4 is 5.32 Å². The summed E-state index contributed by atoms with van der Waals surface area (Å²) in [6.07, 6.45) is 2.28. The number of hydrogen-bond acceptors (Lipinski definition) is 3. The van der Waals surface area contributed by atoms with E-state index >= 15 is 0 Å². The van der Waals surface area contributed by atoms with Gasteiger partial charge in [0.15, 0.2) is 0 Å². The Bertz CT molecular complexity index is 171. The summed E-state index contributed by atoms with van der Waals surface area (Å²) < 4.78 is 5.85. The molecule has 11 heavy (non-hydrogen) atoms. The molecule has 62 valence electrons. The number of ether oxygens (including phenoxy) is 1. The van der Waals surface area contributed by atoms with Crippen molar-refractivity contribution in [2.45, 2.75) is 30.7 Å². The molecule has 1 N–H and O–H groups in total. The van der Waals surface area contributed by atoms with Crippen LogP contribution in [0.4, 0.5) is 0 Å². The van der Waals surface area contributed by atoms with Crippen molar-refractivity contribution < 1.29 is 4.74 Å². The van der Waals surface area contributed by atoms with E-state index in [2.05, 4.69) is 10.2 Å². The lowest BCUT2D eigenvalue weighted by Crippen LogP contribution is -2.40. The zero-order valence-corrected chi connectivity index (χ0v) is 6.79. The molecule has 0 aliphatic carbocycles. The molecule has 3 heterocycles. The number of likely N-dealkylation sites (N-methyl/N-ethyl adjacent to an activating group) is 1. The minimum absolute atomic E-state index is 0.484. The molecule has 2 unspecified atom stereocenters. The number of morpholine rings is 1. The first-order valence-electron chi connectivity index (χ1n) is 4.47. The van der Waals surface area contributed by atoms with E-state index in [4.69, 9.17) is 4.74 Å². The Morgan fingerprint density at radius 3 is 3.00 bits per heavy atom. The van der Waals surface area contributed by atoms with Crippen LogP contribution in [0.25, 0.3) is 0 Å². The second kappa shape index (κ2) is 1.97. The lowest BCUT2D eigenvalue weighted by molar-refractivity contribution is 0.00833. The molecule has 3 rings (SSSR count). The van der Waals surface area contributed by atoms with Gasteiger partial charge < -0.3 is 10.1 Å². The van der Waals surface area contributed by atoms with E-state index in [0.29, 0.717) is 24.3 Å². The van der Waals surface area contributed by atoms with Crippen LogP contribution in [0.3, 0.4) is 0 Å². The van der Waals surface area contributed by atoms with Gasteiger partial charge in [0.1, 0.15) is 0 Å². The Labute approximate surface area is 66.7 Å². The van der Waals surface area contributed by atoms with Crippen molar-refractivity contribution in [3.05, 3.63) is 0 Å². The number of nitrogens with zero attached hydrogens (tertiary/aromatic N) is 1. The first-order valence-corrected chi connectivity index (χ1v) is 4.47. The van der Waals surface area contributed by atoms with Gasteiger partial charge >= 0.3 is 0 Å². The highest BCUT2D eigenvalue weighted by Crippen LogP contribution is 2.39. The highest BCUT2D eigenvalue weighted by molar-refractivity contribution is 5.11. The van der Waals surface area contributed by atoms with Crippen LogP contribution in [-0.2, 0) is 4.74 Å². The topological polar surface area (TPSA) is 24.5 Å². The third-order valence-corrected chi connectivity index (χ3v) is 3.37. The van der Waals surface area contributed by atoms with Crippen LogP contribution in [0.1, 0.15) is 6.42 Å². The van der Waals surface area contributed by atoms with Crippen LogP contribution in [-0.4, -0.2) is 49.3 Å². The molecule has 0 amide bonds. The molecule has 0 aromatic heterocycles. The molecule has 3 aliphatic rings. The van der Waals surface area contributed by atoms with Gasteiger partial charge in [0, 0.05) is 13.1 Å². The van der Waals surface area contributed by atoms with Gasteiger partial charge in [-0.3, -0.25) is 4.90 Å². The van der Waals surface area contributed by atoms with Crippen LogP contribution in [0.2, 0.25) is 0 Å². The number of nitrogens with one attached hydrogen (secondary N) is 1. The van der Waals surface area contributed by atoms with Gasteiger partial charge in [0.25, 0.3) is 0 Å². The highest BCUT2D eigenvalue weighted by atomic mass is 16.5. The maximum atomic E-state index is 5.85. The SMILES string of the molecule is CN[C@@H]1C2CN3CCC(O2)[C@@H]13. The summed E-state index contributed by atoms with van der Waals surface area (Å²) >= 11 is 0. The smallest absolute Gasteiger partial charge is 0.0875 e. The fourth-order valence-electron chi connectivity index (χ4n) is 2.94. The molecule has 0 aromatic carbocycles. The molecule has 3 heteroatoms. The van der Waals surface area contributed by atoms with E-state index in [9.17, 15) is 0 Å². The van der Waals surface area contributed by atoms with E-state index in [1.54, 1.807) is 0 Å². The van der Waals surface area contributed by atoms with Crippen LogP contribution in [0.5, 0.6) is 0 Å². The van der Waals surface area contributed by atoms with Crippen molar-refractivity contribution in [1.29, 1.82) is 0 Å². The standard InChI is InChI=1S/C8H14N2O/c1-9-7-6-4-10-3-2-5(11-6)8(7)10/h5-9H,2-4H2,1H3/t5?,6?,7-,8+/m1/s1. The largest absolute Gasteiger partial charge is 0.370 e. The fraction of sp³-hybridized carbons (Fsp3) is 1.00. The van der Waals surface area contributed by atoms with E-state index in [1.807, 2.05) is 7.05 Å². The minimum atomic E-state index is 0.484. The Balaban J connectivity index is 1.93. The molecule has 0 spiro atoms. The Morgan fingerprint density at radius 1 is 1.45 bits per heavy atom. The Morgan fingerprint density at radius 2 is 2.36 bits per heavy atom. The van der Waals surface area contributed by atoms with Crippen molar-refractivity contribution in [3.63, 3.8) is 0 Å². The average molecular weight is 154 g/mol. The predicted molar refractivity (Wildman–Crippen MR) is 41.5 cm³/mol. The van der Waals surface area contributed by atoms with Gasteiger partial charge in [-0.05, 0) is 13.5 Å². The fourth-order valence-corrected chi connectivity index (χ4v) is 2.94. The molecule has 4 atom stereocenters. The summed E-state index contributed by atoms with van der Waals surface area (Å²) in [5, 5.41) is 3.36. The molecule has 0 radical (unpaired) electrons. The number of rotatable bonds is 1. The molecule has 2 bridgehead atoms. The lowest BCUT2D eigenvalue weighted by atomic mass is 10.1. The van der Waals surface area contributed by atoms with Gasteiger partial charge in [-0.1, -0.05) is 0 Å². The van der Waals surface area contributed by atoms with Gasteiger partial charge in [0.2, 0.25) is 0 Å².